The maximum absolute atomic E-state index is 14.0. The maximum Gasteiger partial charge on any atom is 0.408 e. The summed E-state index contributed by atoms with van der Waals surface area (Å²) in [6, 6.07) is 19.7. The van der Waals surface area contributed by atoms with Crippen LogP contribution in [-0.2, 0) is 20.9 Å². The number of nitrogens with zero attached hydrogens (tertiary/aromatic N) is 2. The molecule has 0 saturated carbocycles. The molecule has 0 unspecified atom stereocenters. The highest BCUT2D eigenvalue weighted by Crippen LogP contribution is 2.28. The van der Waals surface area contributed by atoms with Crippen LogP contribution in [0, 0.1) is 6.92 Å². The number of hydrogen-bond donors (Lipinski definition) is 2. The lowest BCUT2D eigenvalue weighted by Crippen LogP contribution is -2.60. The highest BCUT2D eigenvalue weighted by atomic mass is 16.6. The number of fused-ring (bicyclic) bond motifs is 1. The Kier molecular flexibility index (Phi) is 8.57. The molecule has 0 bridgehead atoms. The van der Waals surface area contributed by atoms with Gasteiger partial charge in [0.05, 0.1) is 6.54 Å². The summed E-state index contributed by atoms with van der Waals surface area (Å²) in [6.45, 7) is 12.0. The third-order valence-electron chi connectivity index (χ3n) is 7.44. The third kappa shape index (κ3) is 7.03. The van der Waals surface area contributed by atoms with Crippen LogP contribution in [-0.4, -0.2) is 57.6 Å². The van der Waals surface area contributed by atoms with Gasteiger partial charge in [-0.3, -0.25) is 9.59 Å². The van der Waals surface area contributed by atoms with E-state index in [0.29, 0.717) is 19.0 Å². The van der Waals surface area contributed by atoms with Crippen LogP contribution in [0.5, 0.6) is 0 Å². The van der Waals surface area contributed by atoms with E-state index in [9.17, 15) is 14.4 Å². The van der Waals surface area contributed by atoms with Gasteiger partial charge in [-0.1, -0.05) is 48.5 Å². The van der Waals surface area contributed by atoms with E-state index < -0.39 is 29.2 Å². The number of nitrogens with one attached hydrogen (secondary N) is 2. The van der Waals surface area contributed by atoms with Gasteiger partial charge in [-0.05, 0) is 83.4 Å². The quantitative estimate of drug-likeness (QED) is 0.429. The third-order valence-corrected chi connectivity index (χ3v) is 7.44. The number of aromatic nitrogens is 1. The zero-order valence-electron chi connectivity index (χ0n) is 24.5. The molecule has 1 fully saturated rings. The molecule has 0 aliphatic carbocycles. The molecule has 1 atom stereocenters. The Balaban J connectivity index is 1.53. The van der Waals surface area contributed by atoms with Crippen LogP contribution < -0.4 is 10.6 Å². The van der Waals surface area contributed by atoms with Crippen molar-refractivity contribution in [2.45, 2.75) is 84.0 Å². The summed E-state index contributed by atoms with van der Waals surface area (Å²) in [6.07, 6.45) is 1.05. The molecule has 8 nitrogen and oxygen atoms in total. The van der Waals surface area contributed by atoms with Gasteiger partial charge in [-0.15, -0.1) is 0 Å². The van der Waals surface area contributed by atoms with Crippen molar-refractivity contribution in [3.8, 4) is 0 Å². The standard InChI is InChI=1S/C32H42N4O4/c1-22-20-25-14-10-11-15-27(25)36(22)21-26(33-29(38)32(5,6)34-30(39)40-31(2,3)4)28(37)35-18-16-24(17-19-35)23-12-8-7-9-13-23/h7-15,20,24,26H,16-19,21H2,1-6H3,(H,33,38)(H,34,39)/t26-/m1/s1. The number of ether oxygens (including phenoxy) is 1. The fraction of sp³-hybridized carbons (Fsp3) is 0.469. The highest BCUT2D eigenvalue weighted by molar-refractivity contribution is 5.93. The number of amides is 3. The van der Waals surface area contributed by atoms with Gasteiger partial charge < -0.3 is 24.8 Å². The van der Waals surface area contributed by atoms with Crippen molar-refractivity contribution in [2.75, 3.05) is 13.1 Å². The van der Waals surface area contributed by atoms with Crippen LogP contribution in [0.2, 0.25) is 0 Å². The predicted molar refractivity (Wildman–Crippen MR) is 157 cm³/mol. The molecule has 1 saturated heterocycles. The molecule has 40 heavy (non-hydrogen) atoms. The molecule has 0 spiro atoms. The van der Waals surface area contributed by atoms with Crippen LogP contribution in [0.1, 0.15) is 64.6 Å². The number of piperidine rings is 1. The van der Waals surface area contributed by atoms with E-state index in [1.165, 1.54) is 5.56 Å². The molecule has 1 aliphatic rings. The van der Waals surface area contributed by atoms with Crippen molar-refractivity contribution < 1.29 is 19.1 Å². The zero-order valence-corrected chi connectivity index (χ0v) is 24.5. The SMILES string of the molecule is Cc1cc2ccccc2n1C[C@@H](NC(=O)C(C)(C)NC(=O)OC(C)(C)C)C(=O)N1CCC(c2ccccc2)CC1. The summed E-state index contributed by atoms with van der Waals surface area (Å²) in [7, 11) is 0. The first kappa shape index (κ1) is 29.2. The minimum Gasteiger partial charge on any atom is -0.444 e. The number of carbonyl (C=O) groups is 3. The Morgan fingerprint density at radius 3 is 2.23 bits per heavy atom. The van der Waals surface area contributed by atoms with E-state index in [4.69, 9.17) is 4.74 Å². The van der Waals surface area contributed by atoms with E-state index in [1.807, 2.05) is 42.2 Å². The first-order chi connectivity index (χ1) is 18.8. The number of likely N-dealkylation sites (tertiary alicyclic amines) is 1. The second-order valence-corrected chi connectivity index (χ2v) is 12.2. The monoisotopic (exact) mass is 546 g/mol. The van der Waals surface area contributed by atoms with E-state index in [0.717, 1.165) is 29.4 Å². The van der Waals surface area contributed by atoms with Gasteiger partial charge in [0, 0.05) is 24.3 Å². The summed E-state index contributed by atoms with van der Waals surface area (Å²) in [4.78, 5) is 41.8. The second-order valence-electron chi connectivity index (χ2n) is 12.2. The summed E-state index contributed by atoms with van der Waals surface area (Å²) < 4.78 is 7.43. The second kappa shape index (κ2) is 11.7. The largest absolute Gasteiger partial charge is 0.444 e. The molecule has 3 amide bonds. The average Bonchev–Trinajstić information content (AvgIpc) is 3.21. The van der Waals surface area contributed by atoms with E-state index in [-0.39, 0.29) is 12.5 Å². The molecular formula is C32H42N4O4. The molecule has 2 aromatic carbocycles. The lowest BCUT2D eigenvalue weighted by atomic mass is 9.89. The highest BCUT2D eigenvalue weighted by Gasteiger charge is 2.36. The van der Waals surface area contributed by atoms with Gasteiger partial charge in [0.1, 0.15) is 17.2 Å². The van der Waals surface area contributed by atoms with Gasteiger partial charge in [0.15, 0.2) is 0 Å². The molecule has 0 radical (unpaired) electrons. The summed E-state index contributed by atoms with van der Waals surface area (Å²) >= 11 is 0. The fourth-order valence-electron chi connectivity index (χ4n) is 5.29. The van der Waals surface area contributed by atoms with Gasteiger partial charge >= 0.3 is 6.09 Å². The molecule has 1 aromatic heterocycles. The number of aryl methyl sites for hydroxylation is 1. The average molecular weight is 547 g/mol. The topological polar surface area (TPSA) is 92.7 Å². The Morgan fingerprint density at radius 2 is 1.57 bits per heavy atom. The summed E-state index contributed by atoms with van der Waals surface area (Å²) in [5.74, 6) is -0.166. The fourth-order valence-corrected chi connectivity index (χ4v) is 5.29. The van der Waals surface area contributed by atoms with Gasteiger partial charge in [-0.25, -0.2) is 4.79 Å². The molecule has 3 aromatic rings. The number of para-hydroxylation sites is 1. The first-order valence-electron chi connectivity index (χ1n) is 14.0. The summed E-state index contributed by atoms with van der Waals surface area (Å²) in [5, 5.41) is 6.71. The van der Waals surface area contributed by atoms with E-state index in [1.54, 1.807) is 34.6 Å². The first-order valence-corrected chi connectivity index (χ1v) is 14.0. The van der Waals surface area contributed by atoms with Crippen LogP contribution in [0.4, 0.5) is 4.79 Å². The van der Waals surface area contributed by atoms with Crippen molar-refractivity contribution in [3.05, 3.63) is 71.9 Å². The van der Waals surface area contributed by atoms with Gasteiger partial charge in [0.25, 0.3) is 0 Å². The molecule has 4 rings (SSSR count). The Morgan fingerprint density at radius 1 is 0.950 bits per heavy atom. The molecule has 214 valence electrons. The molecular weight excluding hydrogens is 504 g/mol. The molecule has 2 heterocycles. The maximum atomic E-state index is 14.0. The van der Waals surface area contributed by atoms with Gasteiger partial charge in [0.2, 0.25) is 11.8 Å². The number of benzene rings is 2. The lowest BCUT2D eigenvalue weighted by molar-refractivity contribution is -0.139. The lowest BCUT2D eigenvalue weighted by Gasteiger charge is -2.36. The van der Waals surface area contributed by atoms with Crippen LogP contribution in [0.15, 0.2) is 60.7 Å². The minimum absolute atomic E-state index is 0.120. The van der Waals surface area contributed by atoms with Crippen molar-refractivity contribution in [2.24, 2.45) is 0 Å². The van der Waals surface area contributed by atoms with E-state index in [2.05, 4.69) is 45.5 Å². The van der Waals surface area contributed by atoms with Crippen molar-refractivity contribution in [3.63, 3.8) is 0 Å². The van der Waals surface area contributed by atoms with Crippen LogP contribution in [0.3, 0.4) is 0 Å². The zero-order chi connectivity index (χ0) is 29.1. The van der Waals surface area contributed by atoms with Crippen molar-refractivity contribution in [1.29, 1.82) is 0 Å². The van der Waals surface area contributed by atoms with Gasteiger partial charge in [-0.2, -0.15) is 0 Å². The summed E-state index contributed by atoms with van der Waals surface area (Å²) in [5.41, 5.74) is 1.30. The Bertz CT molecular complexity index is 1350. The minimum atomic E-state index is -1.30. The normalized spacial score (nSPS) is 15.5. The Labute approximate surface area is 237 Å². The smallest absolute Gasteiger partial charge is 0.408 e. The molecule has 2 N–H and O–H groups in total. The van der Waals surface area contributed by atoms with Crippen molar-refractivity contribution in [1.82, 2.24) is 20.1 Å². The molecule has 1 aliphatic heterocycles. The van der Waals surface area contributed by atoms with Crippen LogP contribution >= 0.6 is 0 Å². The number of alkyl carbamates (subject to hydrolysis) is 1. The Hall–Kier alpha value is -3.81. The number of hydrogen-bond acceptors (Lipinski definition) is 4. The molecule has 8 heteroatoms. The number of rotatable bonds is 7. The van der Waals surface area contributed by atoms with Crippen molar-refractivity contribution >= 4 is 28.8 Å². The number of carbonyl (C=O) groups excluding carboxylic acids is 3. The van der Waals surface area contributed by atoms with E-state index >= 15 is 0 Å². The predicted octanol–water partition coefficient (Wildman–Crippen LogP) is 5.14. The van der Waals surface area contributed by atoms with Crippen LogP contribution in [0.25, 0.3) is 10.9 Å².